The smallest absolute Gasteiger partial charge is 0.251 e. The fraction of sp³-hybridized carbons (Fsp3) is 0.111. The SMILES string of the molecule is CNC(=O)c1cccc(-c2c(-c3ccccc3)ncn2C)c1. The van der Waals surface area contributed by atoms with Gasteiger partial charge in [-0.1, -0.05) is 42.5 Å². The quantitative estimate of drug-likeness (QED) is 0.806. The summed E-state index contributed by atoms with van der Waals surface area (Å²) in [6.45, 7) is 0. The second-order valence-corrected chi connectivity index (χ2v) is 5.08. The Morgan fingerprint density at radius 1 is 1.05 bits per heavy atom. The highest BCUT2D eigenvalue weighted by Crippen LogP contribution is 2.30. The van der Waals surface area contributed by atoms with E-state index < -0.39 is 0 Å². The van der Waals surface area contributed by atoms with Crippen LogP contribution in [0, 0.1) is 0 Å². The third-order valence-electron chi connectivity index (χ3n) is 3.61. The van der Waals surface area contributed by atoms with Crippen LogP contribution in [0.5, 0.6) is 0 Å². The molecule has 0 spiro atoms. The molecule has 1 aromatic heterocycles. The highest BCUT2D eigenvalue weighted by Gasteiger charge is 2.14. The molecule has 1 heterocycles. The summed E-state index contributed by atoms with van der Waals surface area (Å²) in [5.74, 6) is -0.0923. The van der Waals surface area contributed by atoms with Crippen molar-refractivity contribution in [1.82, 2.24) is 14.9 Å². The van der Waals surface area contributed by atoms with Crippen molar-refractivity contribution in [2.45, 2.75) is 0 Å². The molecule has 3 aromatic rings. The molecular weight excluding hydrogens is 274 g/mol. The normalized spacial score (nSPS) is 10.5. The highest BCUT2D eigenvalue weighted by atomic mass is 16.1. The number of aromatic nitrogens is 2. The van der Waals surface area contributed by atoms with Gasteiger partial charge in [0.1, 0.15) is 0 Å². The van der Waals surface area contributed by atoms with Gasteiger partial charge in [-0.15, -0.1) is 0 Å². The Morgan fingerprint density at radius 2 is 1.77 bits per heavy atom. The average Bonchev–Trinajstić information content (AvgIpc) is 2.96. The number of hydrogen-bond donors (Lipinski definition) is 1. The molecule has 0 bridgehead atoms. The fourth-order valence-electron chi connectivity index (χ4n) is 2.53. The molecule has 4 nitrogen and oxygen atoms in total. The topological polar surface area (TPSA) is 46.9 Å². The third kappa shape index (κ3) is 2.51. The minimum atomic E-state index is -0.0923. The number of rotatable bonds is 3. The molecule has 2 aromatic carbocycles. The molecule has 0 aliphatic rings. The van der Waals surface area contributed by atoms with Crippen LogP contribution in [0.2, 0.25) is 0 Å². The molecule has 0 radical (unpaired) electrons. The number of aryl methyl sites for hydroxylation is 1. The van der Waals surface area contributed by atoms with Gasteiger partial charge in [0.25, 0.3) is 5.91 Å². The summed E-state index contributed by atoms with van der Waals surface area (Å²) in [5, 5.41) is 2.65. The first kappa shape index (κ1) is 14.1. The Hall–Kier alpha value is -2.88. The highest BCUT2D eigenvalue weighted by molar-refractivity contribution is 5.95. The molecule has 1 N–H and O–H groups in total. The summed E-state index contributed by atoms with van der Waals surface area (Å²) in [7, 11) is 3.59. The number of carbonyl (C=O) groups is 1. The van der Waals surface area contributed by atoms with Gasteiger partial charge >= 0.3 is 0 Å². The Labute approximate surface area is 129 Å². The van der Waals surface area contributed by atoms with Crippen LogP contribution in [0.4, 0.5) is 0 Å². The third-order valence-corrected chi connectivity index (χ3v) is 3.61. The number of amides is 1. The number of benzene rings is 2. The van der Waals surface area contributed by atoms with Gasteiger partial charge in [-0.25, -0.2) is 4.98 Å². The van der Waals surface area contributed by atoms with Crippen LogP contribution in [-0.4, -0.2) is 22.5 Å². The molecule has 0 saturated heterocycles. The lowest BCUT2D eigenvalue weighted by Gasteiger charge is -2.08. The van der Waals surface area contributed by atoms with Gasteiger partial charge in [-0.2, -0.15) is 0 Å². The first-order valence-corrected chi connectivity index (χ1v) is 7.10. The van der Waals surface area contributed by atoms with Gasteiger partial charge in [0.2, 0.25) is 0 Å². The van der Waals surface area contributed by atoms with Gasteiger partial charge < -0.3 is 9.88 Å². The minimum Gasteiger partial charge on any atom is -0.355 e. The molecule has 110 valence electrons. The Balaban J connectivity index is 2.13. The largest absolute Gasteiger partial charge is 0.355 e. The van der Waals surface area contributed by atoms with Gasteiger partial charge in [0.15, 0.2) is 0 Å². The van der Waals surface area contributed by atoms with Crippen molar-refractivity contribution in [3.63, 3.8) is 0 Å². The monoisotopic (exact) mass is 291 g/mol. The number of nitrogens with one attached hydrogen (secondary N) is 1. The minimum absolute atomic E-state index is 0.0923. The summed E-state index contributed by atoms with van der Waals surface area (Å²) in [6.07, 6.45) is 1.80. The van der Waals surface area contributed by atoms with E-state index in [0.29, 0.717) is 5.56 Å². The zero-order valence-corrected chi connectivity index (χ0v) is 12.6. The van der Waals surface area contributed by atoms with Crippen LogP contribution >= 0.6 is 0 Å². The van der Waals surface area contributed by atoms with Gasteiger partial charge in [0, 0.05) is 30.8 Å². The van der Waals surface area contributed by atoms with Crippen molar-refractivity contribution in [3.05, 3.63) is 66.5 Å². The van der Waals surface area contributed by atoms with E-state index in [1.54, 1.807) is 19.4 Å². The number of carbonyl (C=O) groups excluding carboxylic acids is 1. The van der Waals surface area contributed by atoms with Crippen LogP contribution in [-0.2, 0) is 7.05 Å². The van der Waals surface area contributed by atoms with Gasteiger partial charge in [-0.3, -0.25) is 4.79 Å². The fourth-order valence-corrected chi connectivity index (χ4v) is 2.53. The molecule has 4 heteroatoms. The standard InChI is InChI=1S/C18H17N3O/c1-19-18(22)15-10-6-9-14(11-15)17-16(20-12-21(17)2)13-7-4-3-5-8-13/h3-12H,1-2H3,(H,19,22). The van der Waals surface area contributed by atoms with Crippen LogP contribution in [0.25, 0.3) is 22.5 Å². The molecule has 0 aliphatic heterocycles. The van der Waals surface area contributed by atoms with Gasteiger partial charge in [0.05, 0.1) is 17.7 Å². The molecule has 0 fully saturated rings. The maximum atomic E-state index is 11.8. The number of nitrogens with zero attached hydrogens (tertiary/aromatic N) is 2. The molecule has 22 heavy (non-hydrogen) atoms. The van der Waals surface area contributed by atoms with Crippen LogP contribution in [0.1, 0.15) is 10.4 Å². The number of hydrogen-bond acceptors (Lipinski definition) is 2. The average molecular weight is 291 g/mol. The summed E-state index contributed by atoms with van der Waals surface area (Å²) in [5.41, 5.74) is 4.58. The zero-order chi connectivity index (χ0) is 15.5. The number of imidazole rings is 1. The molecule has 0 atom stereocenters. The van der Waals surface area contributed by atoms with Crippen molar-refractivity contribution in [1.29, 1.82) is 0 Å². The van der Waals surface area contributed by atoms with E-state index in [1.165, 1.54) is 0 Å². The zero-order valence-electron chi connectivity index (χ0n) is 12.6. The lowest BCUT2D eigenvalue weighted by molar-refractivity contribution is 0.0963. The summed E-state index contributed by atoms with van der Waals surface area (Å²) < 4.78 is 1.98. The summed E-state index contributed by atoms with van der Waals surface area (Å²) in [4.78, 5) is 16.4. The lowest BCUT2D eigenvalue weighted by atomic mass is 10.0. The van der Waals surface area contributed by atoms with E-state index in [1.807, 2.05) is 60.1 Å². The van der Waals surface area contributed by atoms with Crippen LogP contribution < -0.4 is 5.32 Å². The van der Waals surface area contributed by atoms with Crippen molar-refractivity contribution < 1.29 is 4.79 Å². The van der Waals surface area contributed by atoms with Crippen molar-refractivity contribution in [3.8, 4) is 22.5 Å². The molecule has 1 amide bonds. The van der Waals surface area contributed by atoms with E-state index in [0.717, 1.165) is 22.5 Å². The Kier molecular flexibility index (Phi) is 3.74. The van der Waals surface area contributed by atoms with E-state index >= 15 is 0 Å². The first-order chi connectivity index (χ1) is 10.7. The van der Waals surface area contributed by atoms with E-state index in [-0.39, 0.29) is 5.91 Å². The lowest BCUT2D eigenvalue weighted by Crippen LogP contribution is -2.17. The first-order valence-electron chi connectivity index (χ1n) is 7.10. The molecule has 3 rings (SSSR count). The second kappa shape index (κ2) is 5.85. The maximum absolute atomic E-state index is 11.8. The van der Waals surface area contributed by atoms with Crippen molar-refractivity contribution in [2.24, 2.45) is 7.05 Å². The van der Waals surface area contributed by atoms with Gasteiger partial charge in [-0.05, 0) is 12.1 Å². The summed E-state index contributed by atoms with van der Waals surface area (Å²) in [6, 6.07) is 17.6. The van der Waals surface area contributed by atoms with Crippen molar-refractivity contribution in [2.75, 3.05) is 7.05 Å². The molecular formula is C18H17N3O. The van der Waals surface area contributed by atoms with Crippen LogP contribution in [0.15, 0.2) is 60.9 Å². The molecule has 0 unspecified atom stereocenters. The second-order valence-electron chi connectivity index (χ2n) is 5.08. The van der Waals surface area contributed by atoms with Crippen molar-refractivity contribution >= 4 is 5.91 Å². The van der Waals surface area contributed by atoms with E-state index in [9.17, 15) is 4.79 Å². The van der Waals surface area contributed by atoms with Crippen LogP contribution in [0.3, 0.4) is 0 Å². The Morgan fingerprint density at radius 3 is 2.50 bits per heavy atom. The predicted molar refractivity (Wildman–Crippen MR) is 87.5 cm³/mol. The molecule has 0 saturated carbocycles. The predicted octanol–water partition coefficient (Wildman–Crippen LogP) is 3.11. The summed E-state index contributed by atoms with van der Waals surface area (Å²) >= 11 is 0. The van der Waals surface area contributed by atoms with E-state index in [4.69, 9.17) is 0 Å². The molecule has 0 aliphatic carbocycles. The maximum Gasteiger partial charge on any atom is 0.251 e. The Bertz CT molecular complexity index is 806. The van der Waals surface area contributed by atoms with E-state index in [2.05, 4.69) is 10.3 Å².